The Morgan fingerprint density at radius 2 is 2.21 bits per heavy atom. The molecule has 126 valence electrons. The molecule has 6 heteroatoms. The molecule has 3 rings (SSSR count). The normalized spacial score (nSPS) is 19.8. The number of amides is 2. The summed E-state index contributed by atoms with van der Waals surface area (Å²) in [5, 5.41) is 6.78. The van der Waals surface area contributed by atoms with E-state index in [1.165, 1.54) is 11.8 Å². The number of nitrogens with zero attached hydrogens (tertiary/aromatic N) is 1. The Morgan fingerprint density at radius 1 is 1.42 bits per heavy atom. The van der Waals surface area contributed by atoms with Crippen molar-refractivity contribution in [3.63, 3.8) is 0 Å². The van der Waals surface area contributed by atoms with Crippen molar-refractivity contribution in [1.29, 1.82) is 0 Å². The number of benzene rings is 1. The number of rotatable bonds is 3. The van der Waals surface area contributed by atoms with Crippen LogP contribution < -0.4 is 10.6 Å². The zero-order valence-corrected chi connectivity index (χ0v) is 14.9. The Bertz CT molecular complexity index is 804. The maximum absolute atomic E-state index is 12.4. The van der Waals surface area contributed by atoms with Crippen LogP contribution in [0.5, 0.6) is 0 Å². The third-order valence-corrected chi connectivity index (χ3v) is 5.70. The van der Waals surface area contributed by atoms with Crippen molar-refractivity contribution in [2.45, 2.75) is 38.1 Å². The molecule has 2 heterocycles. The molecule has 1 atom stereocenters. The van der Waals surface area contributed by atoms with Crippen molar-refractivity contribution < 1.29 is 9.59 Å². The SMILES string of the molecule is Cc1ccc(CNC(=O)[C@@H]2CSC(C)(C)C(=O)N2)c2cccnc12. The Balaban J connectivity index is 1.69. The third-order valence-electron chi connectivity index (χ3n) is 4.29. The highest BCUT2D eigenvalue weighted by atomic mass is 32.2. The minimum absolute atomic E-state index is 0.0936. The molecule has 1 saturated heterocycles. The van der Waals surface area contributed by atoms with Crippen LogP contribution >= 0.6 is 11.8 Å². The van der Waals surface area contributed by atoms with E-state index in [1.54, 1.807) is 6.20 Å². The maximum Gasteiger partial charge on any atom is 0.243 e. The molecule has 1 aliphatic rings. The molecule has 1 aromatic heterocycles. The van der Waals surface area contributed by atoms with E-state index < -0.39 is 10.8 Å². The van der Waals surface area contributed by atoms with Crippen LogP contribution in [0.25, 0.3) is 10.9 Å². The fraction of sp³-hybridized carbons (Fsp3) is 0.389. The van der Waals surface area contributed by atoms with Gasteiger partial charge in [0, 0.05) is 23.9 Å². The number of nitrogens with one attached hydrogen (secondary N) is 2. The van der Waals surface area contributed by atoms with Crippen LogP contribution in [-0.2, 0) is 16.1 Å². The predicted octanol–water partition coefficient (Wildman–Crippen LogP) is 2.17. The van der Waals surface area contributed by atoms with Gasteiger partial charge in [0.15, 0.2) is 0 Å². The molecule has 2 N–H and O–H groups in total. The molecule has 0 unspecified atom stereocenters. The van der Waals surface area contributed by atoms with Crippen LogP contribution in [0, 0.1) is 6.92 Å². The third kappa shape index (κ3) is 3.24. The number of hydrogen-bond donors (Lipinski definition) is 2. The van der Waals surface area contributed by atoms with E-state index in [-0.39, 0.29) is 11.8 Å². The lowest BCUT2D eigenvalue weighted by Crippen LogP contribution is -2.57. The summed E-state index contributed by atoms with van der Waals surface area (Å²) in [5.74, 6) is 0.341. The van der Waals surface area contributed by atoms with Gasteiger partial charge in [-0.3, -0.25) is 14.6 Å². The standard InChI is InChI=1S/C18H21N3O2S/c1-11-6-7-12(13-5-4-8-19-15(11)13)9-20-16(22)14-10-24-18(2,3)17(23)21-14/h4-8,14H,9-10H2,1-3H3,(H,20,22)(H,21,23)/t14-/m0/s1. The first-order chi connectivity index (χ1) is 11.4. The van der Waals surface area contributed by atoms with Crippen molar-refractivity contribution in [1.82, 2.24) is 15.6 Å². The Labute approximate surface area is 145 Å². The zero-order valence-electron chi connectivity index (χ0n) is 14.1. The van der Waals surface area contributed by atoms with Crippen molar-refractivity contribution in [2.24, 2.45) is 0 Å². The van der Waals surface area contributed by atoms with E-state index in [0.29, 0.717) is 12.3 Å². The second kappa shape index (κ2) is 6.43. The van der Waals surface area contributed by atoms with Crippen LogP contribution in [0.1, 0.15) is 25.0 Å². The molecule has 0 radical (unpaired) electrons. The van der Waals surface area contributed by atoms with E-state index in [9.17, 15) is 9.59 Å². The first-order valence-corrected chi connectivity index (χ1v) is 8.93. The maximum atomic E-state index is 12.4. The summed E-state index contributed by atoms with van der Waals surface area (Å²) < 4.78 is -0.477. The first-order valence-electron chi connectivity index (χ1n) is 7.94. The number of aromatic nitrogens is 1. The predicted molar refractivity (Wildman–Crippen MR) is 96.8 cm³/mol. The quantitative estimate of drug-likeness (QED) is 0.896. The van der Waals surface area contributed by atoms with Gasteiger partial charge in [0.1, 0.15) is 6.04 Å². The molecule has 2 amide bonds. The summed E-state index contributed by atoms with van der Waals surface area (Å²) in [6.07, 6.45) is 1.77. The highest BCUT2D eigenvalue weighted by Gasteiger charge is 2.37. The lowest BCUT2D eigenvalue weighted by atomic mass is 10.0. The summed E-state index contributed by atoms with van der Waals surface area (Å²) >= 11 is 1.51. The molecule has 1 aliphatic heterocycles. The second-order valence-corrected chi connectivity index (χ2v) is 8.15. The van der Waals surface area contributed by atoms with Gasteiger partial charge in [-0.2, -0.15) is 0 Å². The smallest absolute Gasteiger partial charge is 0.243 e. The number of fused-ring (bicyclic) bond motifs is 1. The van der Waals surface area contributed by atoms with Gasteiger partial charge in [0.2, 0.25) is 11.8 Å². The molecule has 24 heavy (non-hydrogen) atoms. The van der Waals surface area contributed by atoms with E-state index in [1.807, 2.05) is 45.0 Å². The van der Waals surface area contributed by atoms with Gasteiger partial charge in [-0.1, -0.05) is 18.2 Å². The zero-order chi connectivity index (χ0) is 17.3. The molecule has 1 aromatic carbocycles. The molecule has 0 aliphatic carbocycles. The van der Waals surface area contributed by atoms with Crippen LogP contribution in [0.2, 0.25) is 0 Å². The minimum Gasteiger partial charge on any atom is -0.350 e. The highest BCUT2D eigenvalue weighted by molar-refractivity contribution is 8.01. The van der Waals surface area contributed by atoms with Gasteiger partial charge in [-0.25, -0.2) is 0 Å². The monoisotopic (exact) mass is 343 g/mol. The number of aryl methyl sites for hydroxylation is 1. The minimum atomic E-state index is -0.481. The van der Waals surface area contributed by atoms with E-state index in [0.717, 1.165) is 22.0 Å². The summed E-state index contributed by atoms with van der Waals surface area (Å²) in [7, 11) is 0. The molecule has 5 nitrogen and oxygen atoms in total. The number of carbonyl (C=O) groups is 2. The van der Waals surface area contributed by atoms with Crippen LogP contribution in [0.3, 0.4) is 0 Å². The first kappa shape index (κ1) is 16.8. The van der Waals surface area contributed by atoms with E-state index in [2.05, 4.69) is 15.6 Å². The Hall–Kier alpha value is -2.08. The number of thioether (sulfide) groups is 1. The van der Waals surface area contributed by atoms with Crippen molar-refractivity contribution in [2.75, 3.05) is 5.75 Å². The lowest BCUT2D eigenvalue weighted by Gasteiger charge is -2.32. The molecule has 0 saturated carbocycles. The fourth-order valence-corrected chi connectivity index (χ4v) is 3.71. The summed E-state index contributed by atoms with van der Waals surface area (Å²) in [4.78, 5) is 28.8. The summed E-state index contributed by atoms with van der Waals surface area (Å²) in [5.41, 5.74) is 3.08. The Morgan fingerprint density at radius 3 is 2.96 bits per heavy atom. The average molecular weight is 343 g/mol. The van der Waals surface area contributed by atoms with Crippen LogP contribution in [-0.4, -0.2) is 33.3 Å². The Kier molecular flexibility index (Phi) is 4.49. The molecular weight excluding hydrogens is 322 g/mol. The molecule has 2 aromatic rings. The second-order valence-electron chi connectivity index (χ2n) is 6.51. The largest absolute Gasteiger partial charge is 0.350 e. The van der Waals surface area contributed by atoms with Crippen molar-refractivity contribution in [3.05, 3.63) is 41.6 Å². The average Bonchev–Trinajstić information content (AvgIpc) is 2.57. The van der Waals surface area contributed by atoms with Crippen LogP contribution in [0.15, 0.2) is 30.5 Å². The van der Waals surface area contributed by atoms with E-state index in [4.69, 9.17) is 0 Å². The van der Waals surface area contributed by atoms with Gasteiger partial charge < -0.3 is 10.6 Å². The molecule has 1 fully saturated rings. The van der Waals surface area contributed by atoms with Gasteiger partial charge in [-0.15, -0.1) is 11.8 Å². The topological polar surface area (TPSA) is 71.1 Å². The molecular formula is C18H21N3O2S. The van der Waals surface area contributed by atoms with Gasteiger partial charge >= 0.3 is 0 Å². The van der Waals surface area contributed by atoms with Crippen LogP contribution in [0.4, 0.5) is 0 Å². The van der Waals surface area contributed by atoms with Crippen molar-refractivity contribution >= 4 is 34.5 Å². The number of carbonyl (C=O) groups excluding carboxylic acids is 2. The summed E-state index contributed by atoms with van der Waals surface area (Å²) in [6, 6.07) is 7.45. The molecule has 0 spiro atoms. The number of pyridine rings is 1. The number of hydrogen-bond acceptors (Lipinski definition) is 4. The van der Waals surface area contributed by atoms with Gasteiger partial charge in [-0.05, 0) is 38.0 Å². The van der Waals surface area contributed by atoms with Gasteiger partial charge in [0.05, 0.1) is 10.3 Å². The summed E-state index contributed by atoms with van der Waals surface area (Å²) in [6.45, 7) is 6.18. The molecule has 0 bridgehead atoms. The van der Waals surface area contributed by atoms with E-state index >= 15 is 0 Å². The van der Waals surface area contributed by atoms with Crippen molar-refractivity contribution in [3.8, 4) is 0 Å². The highest BCUT2D eigenvalue weighted by Crippen LogP contribution is 2.29. The lowest BCUT2D eigenvalue weighted by molar-refractivity contribution is -0.129. The van der Waals surface area contributed by atoms with Gasteiger partial charge in [0.25, 0.3) is 0 Å². The fourth-order valence-electron chi connectivity index (χ4n) is 2.70.